The fourth-order valence-corrected chi connectivity index (χ4v) is 2.59. The number of carbonyl (C=O) groups is 1. The van der Waals surface area contributed by atoms with Crippen molar-refractivity contribution in [2.75, 3.05) is 18.8 Å². The number of hydrogen-bond acceptors (Lipinski definition) is 4. The smallest absolute Gasteiger partial charge is 0.321 e. The van der Waals surface area contributed by atoms with Crippen LogP contribution in [0.5, 0.6) is 0 Å². The summed E-state index contributed by atoms with van der Waals surface area (Å²) >= 11 is 0. The number of sulfonamides is 1. The molecule has 76 valence electrons. The number of carboxylic acids is 1. The Morgan fingerprint density at radius 1 is 1.54 bits per heavy atom. The number of nitrogens with two attached hydrogens (primary N) is 1. The first-order valence-electron chi connectivity index (χ1n) is 3.90. The van der Waals surface area contributed by atoms with Gasteiger partial charge in [-0.25, -0.2) is 12.7 Å². The first kappa shape index (κ1) is 10.4. The summed E-state index contributed by atoms with van der Waals surface area (Å²) in [6.45, 7) is 0.962. The predicted octanol–water partition coefficient (Wildman–Crippen LogP) is -1.57. The van der Waals surface area contributed by atoms with Gasteiger partial charge < -0.3 is 10.8 Å². The molecule has 1 atom stereocenters. The molecular formula is C6H12N2O4S. The zero-order chi connectivity index (χ0) is 10.1. The lowest BCUT2D eigenvalue weighted by Crippen LogP contribution is -2.48. The van der Waals surface area contributed by atoms with E-state index in [-0.39, 0.29) is 0 Å². The van der Waals surface area contributed by atoms with Crippen molar-refractivity contribution in [3.05, 3.63) is 0 Å². The highest BCUT2D eigenvalue weighted by Crippen LogP contribution is 2.12. The Labute approximate surface area is 76.4 Å². The molecule has 1 heterocycles. The molecule has 1 rings (SSSR count). The number of aliphatic carboxylic acids is 1. The Bertz CT molecular complexity index is 296. The minimum absolute atomic E-state index is 0.481. The van der Waals surface area contributed by atoms with Gasteiger partial charge in [-0.1, -0.05) is 0 Å². The Kier molecular flexibility index (Phi) is 2.89. The van der Waals surface area contributed by atoms with E-state index in [1.807, 2.05) is 0 Å². The van der Waals surface area contributed by atoms with Crippen LogP contribution in [0.1, 0.15) is 6.42 Å². The average molecular weight is 208 g/mol. The summed E-state index contributed by atoms with van der Waals surface area (Å²) in [5.41, 5.74) is 5.11. The maximum Gasteiger partial charge on any atom is 0.321 e. The van der Waals surface area contributed by atoms with Crippen molar-refractivity contribution in [3.8, 4) is 0 Å². The molecule has 0 bridgehead atoms. The Morgan fingerprint density at radius 3 is 2.38 bits per heavy atom. The van der Waals surface area contributed by atoms with E-state index in [1.165, 1.54) is 4.31 Å². The van der Waals surface area contributed by atoms with Gasteiger partial charge in [0.1, 0.15) is 6.04 Å². The van der Waals surface area contributed by atoms with Crippen LogP contribution >= 0.6 is 0 Å². The van der Waals surface area contributed by atoms with Crippen molar-refractivity contribution < 1.29 is 18.3 Å². The third-order valence-corrected chi connectivity index (χ3v) is 3.85. The first-order valence-corrected chi connectivity index (χ1v) is 5.50. The van der Waals surface area contributed by atoms with Crippen LogP contribution in [0.4, 0.5) is 0 Å². The zero-order valence-corrected chi connectivity index (χ0v) is 7.83. The van der Waals surface area contributed by atoms with Gasteiger partial charge >= 0.3 is 5.97 Å². The Hall–Kier alpha value is -0.660. The third kappa shape index (κ3) is 2.39. The van der Waals surface area contributed by atoms with Crippen LogP contribution in [0.25, 0.3) is 0 Å². The highest BCUT2D eigenvalue weighted by molar-refractivity contribution is 7.89. The molecule has 1 fully saturated rings. The summed E-state index contributed by atoms with van der Waals surface area (Å²) in [6, 6.07) is -1.33. The van der Waals surface area contributed by atoms with Gasteiger partial charge in [-0.05, 0) is 6.42 Å². The molecule has 1 aliphatic rings. The lowest BCUT2D eigenvalue weighted by Gasteiger charge is -2.30. The van der Waals surface area contributed by atoms with Gasteiger partial charge in [-0.3, -0.25) is 4.79 Å². The van der Waals surface area contributed by atoms with Gasteiger partial charge in [0.2, 0.25) is 10.0 Å². The molecule has 6 nitrogen and oxygen atoms in total. The average Bonchev–Trinajstić information content (AvgIpc) is 1.79. The summed E-state index contributed by atoms with van der Waals surface area (Å²) in [5.74, 6) is -1.80. The van der Waals surface area contributed by atoms with Crippen LogP contribution in [-0.2, 0) is 14.8 Å². The minimum Gasteiger partial charge on any atom is -0.480 e. The second-order valence-electron chi connectivity index (χ2n) is 2.98. The quantitative estimate of drug-likeness (QED) is 0.581. The molecule has 13 heavy (non-hydrogen) atoms. The van der Waals surface area contributed by atoms with E-state index in [0.717, 1.165) is 6.42 Å². The van der Waals surface area contributed by atoms with Crippen molar-refractivity contribution >= 4 is 16.0 Å². The van der Waals surface area contributed by atoms with Crippen LogP contribution < -0.4 is 5.73 Å². The van der Waals surface area contributed by atoms with E-state index in [4.69, 9.17) is 10.8 Å². The van der Waals surface area contributed by atoms with Crippen molar-refractivity contribution in [2.45, 2.75) is 12.5 Å². The summed E-state index contributed by atoms with van der Waals surface area (Å²) < 4.78 is 23.9. The van der Waals surface area contributed by atoms with Crippen molar-refractivity contribution in [1.29, 1.82) is 0 Å². The fourth-order valence-electron chi connectivity index (χ4n) is 0.969. The molecule has 0 saturated carbocycles. The van der Waals surface area contributed by atoms with Gasteiger partial charge in [0.05, 0.1) is 5.75 Å². The summed E-state index contributed by atoms with van der Waals surface area (Å²) in [4.78, 5) is 10.3. The molecular weight excluding hydrogens is 196 g/mol. The number of carboxylic acid groups (broad SMARTS) is 1. The van der Waals surface area contributed by atoms with E-state index in [9.17, 15) is 13.2 Å². The zero-order valence-electron chi connectivity index (χ0n) is 7.01. The van der Waals surface area contributed by atoms with Gasteiger partial charge in [-0.15, -0.1) is 0 Å². The monoisotopic (exact) mass is 208 g/mol. The number of nitrogens with zero attached hydrogens (tertiary/aromatic N) is 1. The molecule has 0 aromatic heterocycles. The van der Waals surface area contributed by atoms with E-state index >= 15 is 0 Å². The lowest BCUT2D eigenvalue weighted by molar-refractivity contribution is -0.138. The SMILES string of the molecule is N[C@@H](CS(=O)(=O)N1CCC1)C(=O)O. The van der Waals surface area contributed by atoms with Gasteiger partial charge in [0.15, 0.2) is 0 Å². The fraction of sp³-hybridized carbons (Fsp3) is 0.833. The summed E-state index contributed by atoms with van der Waals surface area (Å²) in [7, 11) is -3.44. The molecule has 0 aromatic carbocycles. The van der Waals surface area contributed by atoms with Crippen LogP contribution in [0.15, 0.2) is 0 Å². The van der Waals surface area contributed by atoms with Crippen molar-refractivity contribution in [2.24, 2.45) is 5.73 Å². The molecule has 0 spiro atoms. The standard InChI is InChI=1S/C6H12N2O4S/c7-5(6(9)10)4-13(11,12)8-2-1-3-8/h5H,1-4,7H2,(H,9,10)/t5-/m0/s1. The summed E-state index contributed by atoms with van der Waals surface area (Å²) in [6.07, 6.45) is 0.835. The maximum absolute atomic E-state index is 11.3. The van der Waals surface area contributed by atoms with Crippen LogP contribution in [-0.4, -0.2) is 48.7 Å². The van der Waals surface area contributed by atoms with Crippen LogP contribution in [0.2, 0.25) is 0 Å². The molecule has 0 aromatic rings. The van der Waals surface area contributed by atoms with E-state index < -0.39 is 27.8 Å². The molecule has 3 N–H and O–H groups in total. The van der Waals surface area contributed by atoms with Crippen LogP contribution in [0, 0.1) is 0 Å². The molecule has 1 saturated heterocycles. The van der Waals surface area contributed by atoms with Crippen LogP contribution in [0.3, 0.4) is 0 Å². The van der Waals surface area contributed by atoms with Gasteiger partial charge in [0.25, 0.3) is 0 Å². The largest absolute Gasteiger partial charge is 0.480 e. The maximum atomic E-state index is 11.3. The number of rotatable bonds is 4. The molecule has 7 heteroatoms. The Balaban J connectivity index is 2.56. The highest BCUT2D eigenvalue weighted by atomic mass is 32.2. The minimum atomic E-state index is -3.44. The molecule has 0 amide bonds. The van der Waals surface area contributed by atoms with E-state index in [1.54, 1.807) is 0 Å². The normalized spacial score (nSPS) is 20.7. The van der Waals surface area contributed by atoms with Gasteiger partial charge in [-0.2, -0.15) is 0 Å². The topological polar surface area (TPSA) is 101 Å². The van der Waals surface area contributed by atoms with Crippen molar-refractivity contribution in [3.63, 3.8) is 0 Å². The molecule has 0 aliphatic carbocycles. The second-order valence-corrected chi connectivity index (χ2v) is 4.99. The van der Waals surface area contributed by atoms with Crippen molar-refractivity contribution in [1.82, 2.24) is 4.31 Å². The second kappa shape index (κ2) is 3.60. The van der Waals surface area contributed by atoms with E-state index in [2.05, 4.69) is 0 Å². The van der Waals surface area contributed by atoms with Gasteiger partial charge in [0, 0.05) is 13.1 Å². The molecule has 1 aliphatic heterocycles. The number of hydrogen-bond donors (Lipinski definition) is 2. The lowest BCUT2D eigenvalue weighted by atomic mass is 10.3. The predicted molar refractivity (Wildman–Crippen MR) is 45.6 cm³/mol. The summed E-state index contributed by atoms with van der Waals surface area (Å²) in [5, 5.41) is 8.41. The third-order valence-electron chi connectivity index (χ3n) is 1.92. The molecule has 0 radical (unpaired) electrons. The Morgan fingerprint density at radius 2 is 2.08 bits per heavy atom. The molecule has 0 unspecified atom stereocenters. The highest BCUT2D eigenvalue weighted by Gasteiger charge is 2.31. The van der Waals surface area contributed by atoms with E-state index in [0.29, 0.717) is 13.1 Å². The first-order chi connectivity index (χ1) is 5.93.